The van der Waals surface area contributed by atoms with Crippen LogP contribution in [0, 0.1) is 0 Å². The third-order valence-corrected chi connectivity index (χ3v) is 5.84. The Morgan fingerprint density at radius 3 is 2.71 bits per heavy atom. The number of anilines is 1. The Balaban J connectivity index is 1.44. The first-order valence-electron chi connectivity index (χ1n) is 11.5. The molecule has 5 rings (SSSR count). The topological polar surface area (TPSA) is 87.3 Å². The minimum absolute atomic E-state index is 0.183. The number of aromatic nitrogens is 5. The first-order valence-corrected chi connectivity index (χ1v) is 11.5. The molecule has 34 heavy (non-hydrogen) atoms. The molecule has 0 N–H and O–H groups in total. The van der Waals surface area contributed by atoms with Crippen LogP contribution in [-0.4, -0.2) is 62.2 Å². The molecule has 176 valence electrons. The van der Waals surface area contributed by atoms with Gasteiger partial charge in [0.25, 0.3) is 0 Å². The van der Waals surface area contributed by atoms with Gasteiger partial charge in [0, 0.05) is 36.6 Å². The van der Waals surface area contributed by atoms with Crippen molar-refractivity contribution in [2.24, 2.45) is 0 Å². The number of esters is 1. The molecule has 4 aromatic rings. The molecule has 4 heterocycles. The molecule has 1 saturated heterocycles. The predicted molar refractivity (Wildman–Crippen MR) is 129 cm³/mol. The van der Waals surface area contributed by atoms with E-state index in [0.717, 1.165) is 35.2 Å². The molecule has 9 nitrogen and oxygen atoms in total. The van der Waals surface area contributed by atoms with E-state index in [1.54, 1.807) is 19.3 Å². The molecule has 0 spiro atoms. The third kappa shape index (κ3) is 4.51. The first kappa shape index (κ1) is 22.1. The van der Waals surface area contributed by atoms with Gasteiger partial charge in [0.2, 0.25) is 0 Å². The van der Waals surface area contributed by atoms with Crippen LogP contribution in [0.15, 0.2) is 55.2 Å². The molecule has 0 radical (unpaired) electrons. The second-order valence-electron chi connectivity index (χ2n) is 8.61. The van der Waals surface area contributed by atoms with Crippen LogP contribution in [0.1, 0.15) is 26.3 Å². The van der Waals surface area contributed by atoms with E-state index in [-0.39, 0.29) is 24.6 Å². The molecule has 2 atom stereocenters. The largest absolute Gasteiger partial charge is 0.466 e. The number of ether oxygens (including phenoxy) is 2. The Kier molecular flexibility index (Phi) is 6.02. The lowest BCUT2D eigenvalue weighted by Crippen LogP contribution is -2.45. The minimum atomic E-state index is -0.247. The van der Waals surface area contributed by atoms with Crippen LogP contribution in [0.2, 0.25) is 0 Å². The first-order chi connectivity index (χ1) is 16.5. The average molecular weight is 461 g/mol. The molecular weight excluding hydrogens is 432 g/mol. The van der Waals surface area contributed by atoms with E-state index in [1.165, 1.54) is 0 Å². The van der Waals surface area contributed by atoms with E-state index in [1.807, 2.05) is 33.9 Å². The monoisotopic (exact) mass is 460 g/mol. The van der Waals surface area contributed by atoms with Gasteiger partial charge < -0.3 is 18.9 Å². The molecule has 1 fully saturated rings. The maximum atomic E-state index is 11.8. The molecule has 0 amide bonds. The van der Waals surface area contributed by atoms with E-state index in [4.69, 9.17) is 14.5 Å². The Bertz CT molecular complexity index is 1300. The quantitative estimate of drug-likeness (QED) is 0.408. The summed E-state index contributed by atoms with van der Waals surface area (Å²) in [5.41, 5.74) is 2.95. The molecule has 0 aliphatic carbocycles. The number of rotatable bonds is 6. The fraction of sp³-hybridized carbons (Fsp3) is 0.360. The van der Waals surface area contributed by atoms with Gasteiger partial charge in [-0.05, 0) is 50.6 Å². The van der Waals surface area contributed by atoms with Crippen LogP contribution >= 0.6 is 0 Å². The normalized spacial score (nSPS) is 18.4. The minimum Gasteiger partial charge on any atom is -0.466 e. The van der Waals surface area contributed by atoms with Gasteiger partial charge >= 0.3 is 5.97 Å². The number of hydrogen-bond donors (Lipinski definition) is 0. The van der Waals surface area contributed by atoms with Crippen molar-refractivity contribution in [3.8, 4) is 11.6 Å². The SMILES string of the molecule is CCOC(=O)Cc1ccn(-c2cncc(-n3ncc4ccc(N5CC(C)OC(C)C5)cc43)n2)c1. The summed E-state index contributed by atoms with van der Waals surface area (Å²) in [5, 5.41) is 5.61. The van der Waals surface area contributed by atoms with Gasteiger partial charge in [0.1, 0.15) is 0 Å². The molecule has 1 aliphatic heterocycles. The van der Waals surface area contributed by atoms with Crippen LogP contribution in [-0.2, 0) is 20.7 Å². The summed E-state index contributed by atoms with van der Waals surface area (Å²) in [6, 6.07) is 8.25. The molecule has 9 heteroatoms. The second-order valence-corrected chi connectivity index (χ2v) is 8.61. The zero-order valence-electron chi connectivity index (χ0n) is 19.6. The van der Waals surface area contributed by atoms with Crippen molar-refractivity contribution in [3.05, 3.63) is 60.8 Å². The van der Waals surface area contributed by atoms with E-state index < -0.39 is 0 Å². The zero-order valence-corrected chi connectivity index (χ0v) is 19.6. The highest BCUT2D eigenvalue weighted by Gasteiger charge is 2.23. The number of morpholine rings is 1. The molecular formula is C25H28N6O3. The lowest BCUT2D eigenvalue weighted by atomic mass is 10.1. The summed E-state index contributed by atoms with van der Waals surface area (Å²) < 4.78 is 14.6. The van der Waals surface area contributed by atoms with Gasteiger partial charge in [-0.25, -0.2) is 9.67 Å². The van der Waals surface area contributed by atoms with Gasteiger partial charge in [0.05, 0.1) is 49.3 Å². The van der Waals surface area contributed by atoms with Gasteiger partial charge in [-0.15, -0.1) is 0 Å². The summed E-state index contributed by atoms with van der Waals surface area (Å²) in [6.45, 7) is 8.07. The summed E-state index contributed by atoms with van der Waals surface area (Å²) in [6.07, 6.45) is 9.54. The molecule has 0 bridgehead atoms. The van der Waals surface area contributed by atoms with Crippen LogP contribution in [0.3, 0.4) is 0 Å². The number of hydrogen-bond acceptors (Lipinski definition) is 7. The number of nitrogens with zero attached hydrogens (tertiary/aromatic N) is 6. The van der Waals surface area contributed by atoms with E-state index in [9.17, 15) is 4.79 Å². The van der Waals surface area contributed by atoms with Crippen LogP contribution in [0.25, 0.3) is 22.5 Å². The lowest BCUT2D eigenvalue weighted by Gasteiger charge is -2.36. The van der Waals surface area contributed by atoms with Crippen molar-refractivity contribution in [2.45, 2.75) is 39.4 Å². The second kappa shape index (κ2) is 9.26. The van der Waals surface area contributed by atoms with Gasteiger partial charge in [-0.1, -0.05) is 0 Å². The van der Waals surface area contributed by atoms with Crippen LogP contribution in [0.4, 0.5) is 5.69 Å². The Labute approximate surface area is 197 Å². The zero-order chi connectivity index (χ0) is 23.7. The van der Waals surface area contributed by atoms with Crippen LogP contribution in [0.5, 0.6) is 0 Å². The van der Waals surface area contributed by atoms with Gasteiger partial charge in [-0.3, -0.25) is 9.78 Å². The summed E-state index contributed by atoms with van der Waals surface area (Å²) in [5.74, 6) is 1.01. The fourth-order valence-corrected chi connectivity index (χ4v) is 4.41. The maximum absolute atomic E-state index is 11.8. The average Bonchev–Trinajstić information content (AvgIpc) is 3.45. The Morgan fingerprint density at radius 2 is 1.91 bits per heavy atom. The Morgan fingerprint density at radius 1 is 1.12 bits per heavy atom. The van der Waals surface area contributed by atoms with E-state index in [2.05, 4.69) is 47.0 Å². The fourth-order valence-electron chi connectivity index (χ4n) is 4.41. The van der Waals surface area contributed by atoms with Gasteiger partial charge in [0.15, 0.2) is 11.6 Å². The smallest absolute Gasteiger partial charge is 0.310 e. The predicted octanol–water partition coefficient (Wildman–Crippen LogP) is 3.33. The highest BCUT2D eigenvalue weighted by molar-refractivity contribution is 5.83. The summed E-state index contributed by atoms with van der Waals surface area (Å²) in [4.78, 5) is 23.3. The Hall–Kier alpha value is -3.72. The van der Waals surface area contributed by atoms with E-state index in [0.29, 0.717) is 18.2 Å². The highest BCUT2D eigenvalue weighted by atomic mass is 16.5. The molecule has 3 aromatic heterocycles. The highest BCUT2D eigenvalue weighted by Crippen LogP contribution is 2.26. The summed E-state index contributed by atoms with van der Waals surface area (Å²) in [7, 11) is 0. The van der Waals surface area contributed by atoms with Crippen LogP contribution < -0.4 is 4.90 Å². The number of carbonyl (C=O) groups is 1. The van der Waals surface area contributed by atoms with Crippen molar-refractivity contribution in [1.29, 1.82) is 0 Å². The van der Waals surface area contributed by atoms with E-state index >= 15 is 0 Å². The standard InChI is InChI=1S/C25H28N6O3/c1-4-33-25(32)9-19-7-8-29(16-19)23-12-26-13-24(28-23)31-22-10-21(6-5-20(22)11-27-31)30-14-17(2)34-18(3)15-30/h5-8,10-13,16-18H,4,9,14-15H2,1-3H3. The molecule has 1 aromatic carbocycles. The summed E-state index contributed by atoms with van der Waals surface area (Å²) >= 11 is 0. The molecule has 0 saturated carbocycles. The number of fused-ring (bicyclic) bond motifs is 1. The van der Waals surface area contributed by atoms with Gasteiger partial charge in [-0.2, -0.15) is 5.10 Å². The number of carbonyl (C=O) groups excluding carboxylic acids is 1. The molecule has 1 aliphatic rings. The number of benzene rings is 1. The lowest BCUT2D eigenvalue weighted by molar-refractivity contribution is -0.142. The van der Waals surface area contributed by atoms with Crippen molar-refractivity contribution in [2.75, 3.05) is 24.6 Å². The van der Waals surface area contributed by atoms with Crippen molar-refractivity contribution in [3.63, 3.8) is 0 Å². The third-order valence-electron chi connectivity index (χ3n) is 5.84. The maximum Gasteiger partial charge on any atom is 0.310 e. The van der Waals surface area contributed by atoms with Crippen molar-refractivity contribution in [1.82, 2.24) is 24.3 Å². The molecule has 2 unspecified atom stereocenters. The van der Waals surface area contributed by atoms with Crippen molar-refractivity contribution >= 4 is 22.6 Å². The van der Waals surface area contributed by atoms with Crippen molar-refractivity contribution < 1.29 is 14.3 Å².